The Labute approximate surface area is 297 Å². The molecule has 10 heteroatoms. The zero-order chi connectivity index (χ0) is 33.9. The van der Waals surface area contributed by atoms with Crippen molar-refractivity contribution in [2.24, 2.45) is 0 Å². The van der Waals surface area contributed by atoms with Gasteiger partial charge in [0.15, 0.2) is 5.79 Å². The first-order valence-corrected chi connectivity index (χ1v) is 21.6. The molecule has 0 unspecified atom stereocenters. The molecule has 3 aliphatic rings. The average Bonchev–Trinajstić information content (AvgIpc) is 3.58. The molecular formula is C39H52O8SSi. The minimum Gasteiger partial charge on any atom is -0.391 e. The lowest BCUT2D eigenvalue weighted by Gasteiger charge is -2.48. The molecule has 266 valence electrons. The van der Waals surface area contributed by atoms with E-state index in [9.17, 15) is 0 Å². The first kappa shape index (κ1) is 36.7. The second-order valence-corrected chi connectivity index (χ2v) is 18.1. The zero-order valence-electron chi connectivity index (χ0n) is 29.1. The van der Waals surface area contributed by atoms with Crippen LogP contribution in [0.25, 0.3) is 0 Å². The normalized spacial score (nSPS) is 25.9. The smallest absolute Gasteiger partial charge is 0.332 e. The van der Waals surface area contributed by atoms with Gasteiger partial charge < -0.3 is 37.3 Å². The molecule has 1 aliphatic carbocycles. The summed E-state index contributed by atoms with van der Waals surface area (Å²) in [6, 6.07) is 30.7. The van der Waals surface area contributed by atoms with Crippen LogP contribution in [-0.2, 0) is 57.1 Å². The summed E-state index contributed by atoms with van der Waals surface area (Å²) in [6.07, 6.45) is 1.86. The molecule has 8 nitrogen and oxygen atoms in total. The predicted molar refractivity (Wildman–Crippen MR) is 193 cm³/mol. The van der Waals surface area contributed by atoms with E-state index >= 15 is 0 Å². The Bertz CT molecular complexity index is 1370. The van der Waals surface area contributed by atoms with E-state index in [2.05, 4.69) is 56.4 Å². The molecule has 49 heavy (non-hydrogen) atoms. The van der Waals surface area contributed by atoms with Gasteiger partial charge in [0.25, 0.3) is 0 Å². The van der Waals surface area contributed by atoms with E-state index < -0.39 is 32.7 Å². The van der Waals surface area contributed by atoms with E-state index in [0.29, 0.717) is 39.6 Å². The summed E-state index contributed by atoms with van der Waals surface area (Å²) in [5, 5.41) is 0. The summed E-state index contributed by atoms with van der Waals surface area (Å²) in [5.41, 5.74) is 2.99. The van der Waals surface area contributed by atoms with Gasteiger partial charge in [-0.25, -0.2) is 0 Å². The lowest BCUT2D eigenvalue weighted by molar-refractivity contribution is -0.242. The maximum atomic E-state index is 7.13. The van der Waals surface area contributed by atoms with Crippen LogP contribution in [0.15, 0.2) is 91.0 Å². The quantitative estimate of drug-likeness (QED) is 0.140. The van der Waals surface area contributed by atoms with Gasteiger partial charge in [-0.15, -0.1) is 11.8 Å². The second kappa shape index (κ2) is 17.9. The molecular weight excluding hydrogens is 657 g/mol. The van der Waals surface area contributed by atoms with Gasteiger partial charge in [-0.1, -0.05) is 97.9 Å². The number of ether oxygens (including phenoxy) is 6. The van der Waals surface area contributed by atoms with Crippen LogP contribution in [0.4, 0.5) is 0 Å². The van der Waals surface area contributed by atoms with Crippen molar-refractivity contribution in [2.75, 3.05) is 25.6 Å². The Kier molecular flexibility index (Phi) is 13.4. The molecule has 0 aromatic heterocycles. The molecule has 2 heterocycles. The monoisotopic (exact) mass is 708 g/mol. The maximum absolute atomic E-state index is 7.13. The van der Waals surface area contributed by atoms with Gasteiger partial charge in [-0.05, 0) is 48.4 Å². The van der Waals surface area contributed by atoms with Crippen molar-refractivity contribution in [2.45, 2.75) is 107 Å². The van der Waals surface area contributed by atoms with E-state index in [1.165, 1.54) is 0 Å². The van der Waals surface area contributed by atoms with Crippen molar-refractivity contribution in [3.63, 3.8) is 0 Å². The molecule has 3 aromatic carbocycles. The summed E-state index contributed by atoms with van der Waals surface area (Å²) in [7, 11) is -2.70. The number of hydrogen-bond acceptors (Lipinski definition) is 9. The highest BCUT2D eigenvalue weighted by Gasteiger charge is 2.51. The Hall–Kier alpha value is -2.09. The van der Waals surface area contributed by atoms with Crippen LogP contribution in [0.2, 0.25) is 13.1 Å². The standard InChI is InChI=1S/C39H52O8SSi/c1-4-48-38-37(47-49(2,3)46-33-20-22-39(23-21-33)43-24-25-44-39)36(42-28-32-18-12-7-13-19-32)35(41-27-31-16-10-6-11-17-31)34(45-38)29-40-26-30-14-8-5-9-15-30/h5-19,33-38H,4,20-29H2,1-3H3/t34-,35-,36+,37+,38-/m1/s1. The van der Waals surface area contributed by atoms with Gasteiger partial charge in [0, 0.05) is 18.9 Å². The minimum atomic E-state index is -2.70. The average molecular weight is 709 g/mol. The summed E-state index contributed by atoms with van der Waals surface area (Å²) >= 11 is 1.73. The Morgan fingerprint density at radius 1 is 0.694 bits per heavy atom. The Morgan fingerprint density at radius 2 is 1.22 bits per heavy atom. The van der Waals surface area contributed by atoms with E-state index in [1.807, 2.05) is 54.6 Å². The summed E-state index contributed by atoms with van der Waals surface area (Å²) in [5.74, 6) is 0.431. The van der Waals surface area contributed by atoms with Crippen LogP contribution in [0, 0.1) is 0 Å². The molecule has 0 radical (unpaired) electrons. The molecule has 3 fully saturated rings. The first-order valence-electron chi connectivity index (χ1n) is 17.8. The van der Waals surface area contributed by atoms with Gasteiger partial charge in [0.2, 0.25) is 0 Å². The molecule has 0 amide bonds. The van der Waals surface area contributed by atoms with Gasteiger partial charge in [0.05, 0.1) is 39.6 Å². The van der Waals surface area contributed by atoms with Gasteiger partial charge in [0.1, 0.15) is 29.9 Å². The fourth-order valence-electron chi connectivity index (χ4n) is 6.92. The molecule has 5 atom stereocenters. The second-order valence-electron chi connectivity index (χ2n) is 13.4. The van der Waals surface area contributed by atoms with Crippen molar-refractivity contribution < 1.29 is 37.3 Å². The number of hydrogen-bond donors (Lipinski definition) is 0. The third-order valence-electron chi connectivity index (χ3n) is 9.26. The van der Waals surface area contributed by atoms with Crippen LogP contribution in [0.5, 0.6) is 0 Å². The Balaban J connectivity index is 1.23. The lowest BCUT2D eigenvalue weighted by Crippen LogP contribution is -2.63. The molecule has 0 bridgehead atoms. The molecule has 2 saturated heterocycles. The van der Waals surface area contributed by atoms with E-state index in [-0.39, 0.29) is 17.6 Å². The summed E-state index contributed by atoms with van der Waals surface area (Å²) in [6.45, 7) is 9.44. The third kappa shape index (κ3) is 10.5. The zero-order valence-corrected chi connectivity index (χ0v) is 30.9. The van der Waals surface area contributed by atoms with Crippen LogP contribution < -0.4 is 0 Å². The fourth-order valence-corrected chi connectivity index (χ4v) is 9.98. The lowest BCUT2D eigenvalue weighted by atomic mass is 9.92. The summed E-state index contributed by atoms with van der Waals surface area (Å²) in [4.78, 5) is 0. The third-order valence-corrected chi connectivity index (χ3v) is 12.0. The highest BCUT2D eigenvalue weighted by molar-refractivity contribution is 7.99. The van der Waals surface area contributed by atoms with Crippen LogP contribution in [0.1, 0.15) is 49.3 Å². The maximum Gasteiger partial charge on any atom is 0.332 e. The first-order chi connectivity index (χ1) is 23.9. The van der Waals surface area contributed by atoms with E-state index in [4.69, 9.17) is 37.3 Å². The largest absolute Gasteiger partial charge is 0.391 e. The van der Waals surface area contributed by atoms with Crippen molar-refractivity contribution in [1.29, 1.82) is 0 Å². The van der Waals surface area contributed by atoms with Gasteiger partial charge in [-0.3, -0.25) is 0 Å². The van der Waals surface area contributed by atoms with Gasteiger partial charge >= 0.3 is 8.56 Å². The number of rotatable bonds is 16. The van der Waals surface area contributed by atoms with Crippen LogP contribution >= 0.6 is 11.8 Å². The Morgan fingerprint density at radius 3 is 1.78 bits per heavy atom. The molecule has 1 saturated carbocycles. The topological polar surface area (TPSA) is 73.8 Å². The highest BCUT2D eigenvalue weighted by Crippen LogP contribution is 2.40. The molecule has 2 aliphatic heterocycles. The van der Waals surface area contributed by atoms with Crippen LogP contribution in [-0.4, -0.2) is 75.9 Å². The minimum absolute atomic E-state index is 0.0924. The van der Waals surface area contributed by atoms with E-state index in [0.717, 1.165) is 48.1 Å². The van der Waals surface area contributed by atoms with Crippen molar-refractivity contribution in [3.8, 4) is 0 Å². The van der Waals surface area contributed by atoms with E-state index in [1.54, 1.807) is 11.8 Å². The molecule has 0 N–H and O–H groups in total. The predicted octanol–water partition coefficient (Wildman–Crippen LogP) is 7.64. The highest BCUT2D eigenvalue weighted by atomic mass is 32.2. The van der Waals surface area contributed by atoms with Crippen molar-refractivity contribution >= 4 is 20.3 Å². The van der Waals surface area contributed by atoms with Crippen LogP contribution in [0.3, 0.4) is 0 Å². The molecule has 3 aromatic rings. The SMILES string of the molecule is CCS[C@H]1O[C@H](COCc2ccccc2)[C@@H](OCc2ccccc2)[C@H](OCc2ccccc2)[C@@H]1O[Si](C)(C)OC1CCC2(CC1)OCCO2. The van der Waals surface area contributed by atoms with Gasteiger partial charge in [-0.2, -0.15) is 0 Å². The fraction of sp³-hybridized carbons (Fsp3) is 0.538. The van der Waals surface area contributed by atoms with Crippen molar-refractivity contribution in [3.05, 3.63) is 108 Å². The molecule has 6 rings (SSSR count). The number of thioether (sulfide) groups is 1. The number of benzene rings is 3. The van der Waals surface area contributed by atoms with Crippen molar-refractivity contribution in [1.82, 2.24) is 0 Å². The summed E-state index contributed by atoms with van der Waals surface area (Å²) < 4.78 is 52.8. The molecule has 1 spiro atoms.